The van der Waals surface area contributed by atoms with Crippen LogP contribution >= 0.6 is 0 Å². The average molecular weight is 260 g/mol. The molecule has 100 valence electrons. The van der Waals surface area contributed by atoms with Gasteiger partial charge in [0.2, 0.25) is 0 Å². The van der Waals surface area contributed by atoms with Crippen LogP contribution in [-0.2, 0) is 19.6 Å². The number of nitro benzene ring substituents is 1. The molecule has 0 atom stereocenters. The van der Waals surface area contributed by atoms with Crippen LogP contribution in [0.2, 0.25) is 0 Å². The maximum atomic E-state index is 10.5. The van der Waals surface area contributed by atoms with Crippen LogP contribution in [0.4, 0.5) is 5.69 Å². The quantitative estimate of drug-likeness (QED) is 0.637. The summed E-state index contributed by atoms with van der Waals surface area (Å²) in [5.74, 6) is 0. The van der Waals surface area contributed by atoms with Crippen LogP contribution < -0.4 is 5.32 Å². The Balaban J connectivity index is 1.87. The fourth-order valence-electron chi connectivity index (χ4n) is 1.85. The molecule has 0 aliphatic heterocycles. The van der Waals surface area contributed by atoms with Crippen molar-refractivity contribution < 1.29 is 4.92 Å². The molecule has 0 spiro atoms. The van der Waals surface area contributed by atoms with Crippen LogP contribution in [0.3, 0.4) is 0 Å². The minimum absolute atomic E-state index is 0.118. The van der Waals surface area contributed by atoms with Crippen LogP contribution in [-0.4, -0.2) is 14.5 Å². The molecule has 0 saturated heterocycles. The Morgan fingerprint density at radius 3 is 2.68 bits per heavy atom. The zero-order valence-electron chi connectivity index (χ0n) is 10.7. The zero-order valence-corrected chi connectivity index (χ0v) is 10.7. The monoisotopic (exact) mass is 260 g/mol. The van der Waals surface area contributed by atoms with Gasteiger partial charge in [-0.05, 0) is 12.5 Å². The summed E-state index contributed by atoms with van der Waals surface area (Å²) in [5.41, 5.74) is 2.27. The Morgan fingerprint density at radius 1 is 1.32 bits per heavy atom. The first-order valence-corrected chi connectivity index (χ1v) is 6.13. The molecule has 0 saturated carbocycles. The van der Waals surface area contributed by atoms with Gasteiger partial charge in [0.15, 0.2) is 0 Å². The summed E-state index contributed by atoms with van der Waals surface area (Å²) in [7, 11) is 0. The molecule has 1 aromatic heterocycles. The number of imidazole rings is 1. The lowest BCUT2D eigenvalue weighted by Gasteiger charge is -2.07. The molecular formula is C13H16N4O2. The van der Waals surface area contributed by atoms with Crippen molar-refractivity contribution in [3.05, 3.63) is 58.2 Å². The molecule has 0 radical (unpaired) electrons. The predicted octanol–water partition coefficient (Wildman–Crippen LogP) is 2.10. The van der Waals surface area contributed by atoms with E-state index in [2.05, 4.69) is 21.8 Å². The van der Waals surface area contributed by atoms with E-state index in [0.29, 0.717) is 6.54 Å². The zero-order chi connectivity index (χ0) is 13.7. The van der Waals surface area contributed by atoms with Crippen molar-refractivity contribution in [1.29, 1.82) is 0 Å². The number of non-ortho nitro benzene ring substituents is 1. The maximum absolute atomic E-state index is 10.5. The third-order valence-corrected chi connectivity index (χ3v) is 2.92. The van der Waals surface area contributed by atoms with E-state index in [1.807, 2.05) is 12.5 Å². The second-order valence-corrected chi connectivity index (χ2v) is 4.20. The van der Waals surface area contributed by atoms with Gasteiger partial charge in [-0.3, -0.25) is 10.1 Å². The van der Waals surface area contributed by atoms with Crippen LogP contribution in [0.1, 0.15) is 18.2 Å². The van der Waals surface area contributed by atoms with Gasteiger partial charge in [0, 0.05) is 38.0 Å². The van der Waals surface area contributed by atoms with Gasteiger partial charge in [-0.2, -0.15) is 0 Å². The van der Waals surface area contributed by atoms with Crippen molar-refractivity contribution in [3.63, 3.8) is 0 Å². The molecule has 2 aromatic rings. The topological polar surface area (TPSA) is 73.0 Å². The smallest absolute Gasteiger partial charge is 0.269 e. The van der Waals surface area contributed by atoms with Crippen LogP contribution in [0.25, 0.3) is 0 Å². The standard InChI is InChI=1S/C13H16N4O2/c1-2-16-10-15-9-13(16)8-14-7-11-3-5-12(6-4-11)17(18)19/h3-6,9-10,14H,2,7-8H2,1H3. The largest absolute Gasteiger partial charge is 0.334 e. The number of nitro groups is 1. The number of aromatic nitrogens is 2. The number of hydrogen-bond donors (Lipinski definition) is 1. The first kappa shape index (κ1) is 13.2. The molecule has 0 aliphatic carbocycles. The maximum Gasteiger partial charge on any atom is 0.269 e. The summed E-state index contributed by atoms with van der Waals surface area (Å²) in [6.45, 7) is 4.37. The lowest BCUT2D eigenvalue weighted by molar-refractivity contribution is -0.384. The van der Waals surface area contributed by atoms with Crippen molar-refractivity contribution >= 4 is 5.69 Å². The Hall–Kier alpha value is -2.21. The summed E-state index contributed by atoms with van der Waals surface area (Å²) < 4.78 is 2.07. The van der Waals surface area contributed by atoms with E-state index in [-0.39, 0.29) is 5.69 Å². The van der Waals surface area contributed by atoms with Gasteiger partial charge < -0.3 is 9.88 Å². The van der Waals surface area contributed by atoms with Gasteiger partial charge in [-0.25, -0.2) is 4.98 Å². The van der Waals surface area contributed by atoms with Crippen molar-refractivity contribution in [1.82, 2.24) is 14.9 Å². The Kier molecular flexibility index (Phi) is 4.25. The van der Waals surface area contributed by atoms with E-state index in [4.69, 9.17) is 0 Å². The van der Waals surface area contributed by atoms with Gasteiger partial charge in [0.1, 0.15) is 0 Å². The van der Waals surface area contributed by atoms with E-state index in [0.717, 1.165) is 24.3 Å². The molecule has 2 rings (SSSR count). The van der Waals surface area contributed by atoms with Gasteiger partial charge in [0.25, 0.3) is 5.69 Å². The molecule has 1 N–H and O–H groups in total. The fourth-order valence-corrected chi connectivity index (χ4v) is 1.85. The molecule has 0 fully saturated rings. The SMILES string of the molecule is CCn1cncc1CNCc1ccc([N+](=O)[O-])cc1. The first-order valence-electron chi connectivity index (χ1n) is 6.13. The molecule has 0 unspecified atom stereocenters. The summed E-state index contributed by atoms with van der Waals surface area (Å²) in [6.07, 6.45) is 3.65. The van der Waals surface area contributed by atoms with E-state index in [9.17, 15) is 10.1 Å². The van der Waals surface area contributed by atoms with Crippen LogP contribution in [0.5, 0.6) is 0 Å². The van der Waals surface area contributed by atoms with Gasteiger partial charge in [-0.15, -0.1) is 0 Å². The Morgan fingerprint density at radius 2 is 2.05 bits per heavy atom. The molecule has 1 heterocycles. The fraction of sp³-hybridized carbons (Fsp3) is 0.308. The van der Waals surface area contributed by atoms with Crippen molar-refractivity contribution in [2.24, 2.45) is 0 Å². The molecule has 0 aliphatic rings. The van der Waals surface area contributed by atoms with Crippen molar-refractivity contribution in [2.45, 2.75) is 26.6 Å². The molecule has 1 aromatic carbocycles. The molecule has 0 amide bonds. The van der Waals surface area contributed by atoms with Gasteiger partial charge in [-0.1, -0.05) is 12.1 Å². The lowest BCUT2D eigenvalue weighted by atomic mass is 10.2. The number of nitrogens with zero attached hydrogens (tertiary/aromatic N) is 3. The minimum atomic E-state index is -0.392. The highest BCUT2D eigenvalue weighted by atomic mass is 16.6. The Labute approximate surface area is 111 Å². The third-order valence-electron chi connectivity index (χ3n) is 2.92. The first-order chi connectivity index (χ1) is 9.20. The normalized spacial score (nSPS) is 10.6. The molecule has 19 heavy (non-hydrogen) atoms. The van der Waals surface area contributed by atoms with Crippen LogP contribution in [0.15, 0.2) is 36.8 Å². The number of nitrogens with one attached hydrogen (secondary N) is 1. The molecule has 6 heteroatoms. The number of aryl methyl sites for hydroxylation is 1. The molecule has 0 bridgehead atoms. The second kappa shape index (κ2) is 6.10. The highest BCUT2D eigenvalue weighted by Gasteiger charge is 2.04. The Bertz CT molecular complexity index is 548. The third kappa shape index (κ3) is 3.38. The number of rotatable bonds is 6. The number of hydrogen-bond acceptors (Lipinski definition) is 4. The van der Waals surface area contributed by atoms with Crippen LogP contribution in [0, 0.1) is 10.1 Å². The average Bonchev–Trinajstić information content (AvgIpc) is 2.87. The summed E-state index contributed by atoms with van der Waals surface area (Å²) in [5, 5.41) is 13.8. The summed E-state index contributed by atoms with van der Waals surface area (Å²) in [6, 6.07) is 6.57. The predicted molar refractivity (Wildman–Crippen MR) is 71.5 cm³/mol. The summed E-state index contributed by atoms with van der Waals surface area (Å²) in [4.78, 5) is 14.2. The van der Waals surface area contributed by atoms with Crippen molar-refractivity contribution in [2.75, 3.05) is 0 Å². The van der Waals surface area contributed by atoms with Gasteiger partial charge in [0.05, 0.1) is 16.9 Å². The highest BCUT2D eigenvalue weighted by Crippen LogP contribution is 2.11. The second-order valence-electron chi connectivity index (χ2n) is 4.20. The number of benzene rings is 1. The van der Waals surface area contributed by atoms with Crippen molar-refractivity contribution in [3.8, 4) is 0 Å². The summed E-state index contributed by atoms with van der Waals surface area (Å²) >= 11 is 0. The lowest BCUT2D eigenvalue weighted by Crippen LogP contribution is -2.15. The van der Waals surface area contributed by atoms with E-state index in [1.54, 1.807) is 12.1 Å². The molecular weight excluding hydrogens is 244 g/mol. The highest BCUT2D eigenvalue weighted by molar-refractivity contribution is 5.32. The van der Waals surface area contributed by atoms with E-state index in [1.165, 1.54) is 12.1 Å². The molecule has 6 nitrogen and oxygen atoms in total. The van der Waals surface area contributed by atoms with E-state index < -0.39 is 4.92 Å². The van der Waals surface area contributed by atoms with E-state index >= 15 is 0 Å². The minimum Gasteiger partial charge on any atom is -0.334 e. The van der Waals surface area contributed by atoms with Gasteiger partial charge >= 0.3 is 0 Å².